The highest BCUT2D eigenvalue weighted by atomic mass is 16.5. The Balaban J connectivity index is 4.67. The molecule has 0 radical (unpaired) electrons. The van der Waals surface area contributed by atoms with Gasteiger partial charge >= 0.3 is 0 Å². The number of hydrogen-bond acceptors (Lipinski definition) is 3. The first-order valence-electron chi connectivity index (χ1n) is 7.02. The van der Waals surface area contributed by atoms with Crippen LogP contribution in [0.15, 0.2) is 0 Å². The largest absolute Gasteiger partial charge is 0.380 e. The number of methoxy groups -OCH3 is 1. The summed E-state index contributed by atoms with van der Waals surface area (Å²) in [6, 6.07) is 0.329. The summed E-state index contributed by atoms with van der Waals surface area (Å²) in [6.07, 6.45) is 2.21. The summed E-state index contributed by atoms with van der Waals surface area (Å²) in [5.41, 5.74) is 5.58. The van der Waals surface area contributed by atoms with Crippen molar-refractivity contribution in [3.05, 3.63) is 0 Å². The van der Waals surface area contributed by atoms with Crippen LogP contribution in [0.2, 0.25) is 0 Å². The molecule has 0 aliphatic rings. The third kappa shape index (κ3) is 5.83. The summed E-state index contributed by atoms with van der Waals surface area (Å²) >= 11 is 0. The number of rotatable bonds is 9. The van der Waals surface area contributed by atoms with E-state index in [9.17, 15) is 4.79 Å². The number of ether oxygens (including phenoxy) is 1. The first-order valence-corrected chi connectivity index (χ1v) is 7.02. The van der Waals surface area contributed by atoms with Crippen molar-refractivity contribution in [3.63, 3.8) is 0 Å². The monoisotopic (exact) mass is 258 g/mol. The summed E-state index contributed by atoms with van der Waals surface area (Å²) in [7, 11) is 1.61. The second kappa shape index (κ2) is 9.34. The minimum atomic E-state index is -0.165. The van der Waals surface area contributed by atoms with Gasteiger partial charge in [0.2, 0.25) is 5.91 Å². The average Bonchev–Trinajstić information content (AvgIpc) is 2.35. The van der Waals surface area contributed by atoms with Gasteiger partial charge in [-0.05, 0) is 18.8 Å². The number of nitrogens with zero attached hydrogens (tertiary/aromatic N) is 1. The van der Waals surface area contributed by atoms with Gasteiger partial charge < -0.3 is 15.4 Å². The normalized spacial score (nSPS) is 13.1. The van der Waals surface area contributed by atoms with E-state index in [1.165, 1.54) is 0 Å². The van der Waals surface area contributed by atoms with Crippen LogP contribution in [-0.4, -0.2) is 43.2 Å². The minimum Gasteiger partial charge on any atom is -0.380 e. The third-order valence-electron chi connectivity index (χ3n) is 3.26. The topological polar surface area (TPSA) is 55.6 Å². The van der Waals surface area contributed by atoms with E-state index in [4.69, 9.17) is 10.5 Å². The molecule has 4 nitrogen and oxygen atoms in total. The van der Waals surface area contributed by atoms with Crippen molar-refractivity contribution in [3.8, 4) is 0 Å². The molecule has 108 valence electrons. The van der Waals surface area contributed by atoms with E-state index in [-0.39, 0.29) is 12.0 Å². The Morgan fingerprint density at radius 3 is 2.17 bits per heavy atom. The molecule has 18 heavy (non-hydrogen) atoms. The lowest BCUT2D eigenvalue weighted by atomic mass is 10.1. The molecule has 4 heteroatoms. The Kier molecular flexibility index (Phi) is 9.02. The van der Waals surface area contributed by atoms with Crippen molar-refractivity contribution < 1.29 is 9.53 Å². The molecule has 0 aliphatic carbocycles. The van der Waals surface area contributed by atoms with Crippen LogP contribution in [0.5, 0.6) is 0 Å². The van der Waals surface area contributed by atoms with Gasteiger partial charge in [0.05, 0.1) is 12.5 Å². The molecule has 1 amide bonds. The Bertz CT molecular complexity index is 224. The Labute approximate surface area is 112 Å². The number of hydrogen-bond donors (Lipinski definition) is 1. The van der Waals surface area contributed by atoms with Crippen LogP contribution in [0.25, 0.3) is 0 Å². The van der Waals surface area contributed by atoms with Gasteiger partial charge in [0.15, 0.2) is 0 Å². The fourth-order valence-corrected chi connectivity index (χ4v) is 2.15. The zero-order valence-corrected chi connectivity index (χ0v) is 12.6. The third-order valence-corrected chi connectivity index (χ3v) is 3.26. The lowest BCUT2D eigenvalue weighted by Gasteiger charge is -2.33. The first kappa shape index (κ1) is 17.4. The van der Waals surface area contributed by atoms with Crippen LogP contribution in [0.1, 0.15) is 47.0 Å². The Morgan fingerprint density at radius 1 is 1.28 bits per heavy atom. The molecule has 0 aromatic rings. The van der Waals surface area contributed by atoms with Crippen LogP contribution in [0, 0.1) is 5.92 Å². The second-order valence-corrected chi connectivity index (χ2v) is 5.21. The van der Waals surface area contributed by atoms with E-state index in [2.05, 4.69) is 27.7 Å². The number of carbonyl (C=O) groups excluding carboxylic acids is 1. The molecular weight excluding hydrogens is 228 g/mol. The number of amides is 1. The molecule has 0 bridgehead atoms. The molecule has 0 rings (SSSR count). The highest BCUT2D eigenvalue weighted by Gasteiger charge is 2.24. The van der Waals surface area contributed by atoms with E-state index in [1.54, 1.807) is 7.11 Å². The van der Waals surface area contributed by atoms with Crippen LogP contribution >= 0.6 is 0 Å². The summed E-state index contributed by atoms with van der Waals surface area (Å²) in [4.78, 5) is 14.4. The van der Waals surface area contributed by atoms with Gasteiger partial charge in [-0.1, -0.05) is 27.7 Å². The summed E-state index contributed by atoms with van der Waals surface area (Å²) in [5.74, 6) is 0.642. The quantitative estimate of drug-likeness (QED) is 0.688. The average molecular weight is 258 g/mol. The predicted molar refractivity (Wildman–Crippen MR) is 75.4 cm³/mol. The molecule has 0 saturated carbocycles. The Morgan fingerprint density at radius 2 is 1.83 bits per heavy atom. The maximum absolute atomic E-state index is 12.4. The van der Waals surface area contributed by atoms with Gasteiger partial charge in [-0.2, -0.15) is 0 Å². The molecule has 0 spiro atoms. The van der Waals surface area contributed by atoms with Gasteiger partial charge in [0, 0.05) is 26.2 Å². The van der Waals surface area contributed by atoms with E-state index in [0.29, 0.717) is 24.9 Å². The molecule has 0 aromatic carbocycles. The van der Waals surface area contributed by atoms with Crippen molar-refractivity contribution in [1.29, 1.82) is 0 Å². The van der Waals surface area contributed by atoms with Crippen LogP contribution in [0.4, 0.5) is 0 Å². The van der Waals surface area contributed by atoms with Gasteiger partial charge in [0.1, 0.15) is 0 Å². The van der Waals surface area contributed by atoms with E-state index >= 15 is 0 Å². The van der Waals surface area contributed by atoms with Gasteiger partial charge in [-0.3, -0.25) is 4.79 Å². The molecule has 0 aliphatic heterocycles. The minimum absolute atomic E-state index is 0.162. The molecule has 1 unspecified atom stereocenters. The van der Waals surface area contributed by atoms with Crippen molar-refractivity contribution >= 4 is 5.91 Å². The Hall–Kier alpha value is -0.610. The molecule has 0 heterocycles. The van der Waals surface area contributed by atoms with Gasteiger partial charge in [-0.25, -0.2) is 0 Å². The lowest BCUT2D eigenvalue weighted by Crippen LogP contribution is -2.44. The SMILES string of the molecule is CCC(CC)N(CC(C)C)C(=O)CC(CN)OC. The van der Waals surface area contributed by atoms with E-state index < -0.39 is 0 Å². The molecule has 1 atom stereocenters. The van der Waals surface area contributed by atoms with Crippen molar-refractivity contribution in [2.24, 2.45) is 11.7 Å². The molecular formula is C14H30N2O2. The highest BCUT2D eigenvalue weighted by molar-refractivity contribution is 5.77. The molecule has 0 aromatic heterocycles. The summed E-state index contributed by atoms with van der Waals surface area (Å²) in [5, 5.41) is 0. The number of nitrogens with two attached hydrogens (primary N) is 1. The van der Waals surface area contributed by atoms with Crippen molar-refractivity contribution in [1.82, 2.24) is 4.90 Å². The van der Waals surface area contributed by atoms with Crippen LogP contribution < -0.4 is 5.73 Å². The van der Waals surface area contributed by atoms with E-state index in [1.807, 2.05) is 4.90 Å². The highest BCUT2D eigenvalue weighted by Crippen LogP contribution is 2.14. The zero-order valence-electron chi connectivity index (χ0n) is 12.6. The smallest absolute Gasteiger partial charge is 0.225 e. The fourth-order valence-electron chi connectivity index (χ4n) is 2.15. The van der Waals surface area contributed by atoms with Crippen LogP contribution in [-0.2, 0) is 9.53 Å². The standard InChI is InChI=1S/C14H30N2O2/c1-6-12(7-2)16(10-11(3)4)14(17)8-13(9-15)18-5/h11-13H,6-10,15H2,1-5H3. The first-order chi connectivity index (χ1) is 8.49. The van der Waals surface area contributed by atoms with Crippen LogP contribution in [0.3, 0.4) is 0 Å². The summed E-state index contributed by atoms with van der Waals surface area (Å²) in [6.45, 7) is 9.74. The van der Waals surface area contributed by atoms with Gasteiger partial charge in [0.25, 0.3) is 0 Å². The maximum atomic E-state index is 12.4. The van der Waals surface area contributed by atoms with E-state index in [0.717, 1.165) is 19.4 Å². The zero-order chi connectivity index (χ0) is 14.1. The maximum Gasteiger partial charge on any atom is 0.225 e. The van der Waals surface area contributed by atoms with Gasteiger partial charge in [-0.15, -0.1) is 0 Å². The molecule has 0 fully saturated rings. The number of carbonyl (C=O) groups is 1. The fraction of sp³-hybridized carbons (Fsp3) is 0.929. The predicted octanol–water partition coefficient (Wildman–Crippen LogP) is 2.02. The summed E-state index contributed by atoms with van der Waals surface area (Å²) < 4.78 is 5.20. The molecule has 2 N–H and O–H groups in total. The second-order valence-electron chi connectivity index (χ2n) is 5.21. The molecule has 0 saturated heterocycles. The van der Waals surface area contributed by atoms with Crippen molar-refractivity contribution in [2.75, 3.05) is 20.2 Å². The van der Waals surface area contributed by atoms with Crippen molar-refractivity contribution in [2.45, 2.75) is 59.1 Å². The lowest BCUT2D eigenvalue weighted by molar-refractivity contribution is -0.136.